The number of benzene rings is 1. The van der Waals surface area contributed by atoms with Gasteiger partial charge in [-0.15, -0.1) is 0 Å². The minimum atomic E-state index is -1.09. The molecule has 0 aliphatic rings. The fourth-order valence-electron chi connectivity index (χ4n) is 1.41. The number of aliphatic carboxylic acids is 1. The van der Waals surface area contributed by atoms with E-state index in [0.29, 0.717) is 21.9 Å². The maximum atomic E-state index is 10.5. The Kier molecular flexibility index (Phi) is 3.14. The maximum absolute atomic E-state index is 10.5. The highest BCUT2D eigenvalue weighted by atomic mass is 32.2. The second kappa shape index (κ2) is 4.57. The van der Waals surface area contributed by atoms with Crippen LogP contribution in [0.2, 0.25) is 0 Å². The number of hydrogen-bond acceptors (Lipinski definition) is 5. The van der Waals surface area contributed by atoms with Crippen molar-refractivity contribution in [3.63, 3.8) is 0 Å². The molecule has 2 aromatic rings. The third-order valence-electron chi connectivity index (χ3n) is 2.05. The van der Waals surface area contributed by atoms with E-state index in [1.807, 2.05) is 6.92 Å². The van der Waals surface area contributed by atoms with Crippen LogP contribution in [0, 0.1) is 0 Å². The first kappa shape index (κ1) is 11.0. The molecule has 0 saturated heterocycles. The number of hydrogen-bond donors (Lipinski definition) is 0. The van der Waals surface area contributed by atoms with Gasteiger partial charge in [0.25, 0.3) is 5.22 Å². The molecule has 0 fully saturated rings. The zero-order chi connectivity index (χ0) is 11.5. The average molecular weight is 236 g/mol. The van der Waals surface area contributed by atoms with Crippen LogP contribution in [0.4, 0.5) is 0 Å². The first-order valence-corrected chi connectivity index (χ1v) is 5.89. The fraction of sp³-hybridized carbons (Fsp3) is 0.273. The fourth-order valence-corrected chi connectivity index (χ4v) is 1.97. The van der Waals surface area contributed by atoms with Crippen LogP contribution in [0.3, 0.4) is 0 Å². The predicted octanol–water partition coefficient (Wildman–Crippen LogP) is 1.23. The second-order valence-electron chi connectivity index (χ2n) is 3.26. The van der Waals surface area contributed by atoms with E-state index in [9.17, 15) is 9.90 Å². The van der Waals surface area contributed by atoms with Gasteiger partial charge in [-0.3, -0.25) is 0 Å². The Balaban J connectivity index is 2.33. The van der Waals surface area contributed by atoms with E-state index in [2.05, 4.69) is 4.98 Å². The molecule has 4 nitrogen and oxygen atoms in total. The lowest BCUT2D eigenvalue weighted by atomic mass is 10.1. The largest absolute Gasteiger partial charge is 0.550 e. The molecule has 0 bridgehead atoms. The minimum Gasteiger partial charge on any atom is -0.550 e. The third-order valence-corrected chi connectivity index (χ3v) is 2.76. The van der Waals surface area contributed by atoms with Gasteiger partial charge in [0.15, 0.2) is 5.58 Å². The lowest BCUT2D eigenvalue weighted by molar-refractivity contribution is -0.304. The van der Waals surface area contributed by atoms with Crippen molar-refractivity contribution in [2.45, 2.75) is 18.6 Å². The molecule has 16 heavy (non-hydrogen) atoms. The van der Waals surface area contributed by atoms with Gasteiger partial charge in [-0.05, 0) is 23.4 Å². The molecule has 0 aliphatic heterocycles. The smallest absolute Gasteiger partial charge is 0.256 e. The first-order chi connectivity index (χ1) is 7.69. The van der Waals surface area contributed by atoms with Crippen molar-refractivity contribution in [1.29, 1.82) is 0 Å². The summed E-state index contributed by atoms with van der Waals surface area (Å²) in [5.41, 5.74) is 2.04. The van der Waals surface area contributed by atoms with Gasteiger partial charge in [-0.25, -0.2) is 4.98 Å². The summed E-state index contributed by atoms with van der Waals surface area (Å²) in [5, 5.41) is 11.1. The van der Waals surface area contributed by atoms with Crippen molar-refractivity contribution >= 4 is 28.8 Å². The molecule has 5 heteroatoms. The minimum absolute atomic E-state index is 0.0982. The summed E-state index contributed by atoms with van der Waals surface area (Å²) in [6.45, 7) is 2.01. The lowest BCUT2D eigenvalue weighted by Crippen LogP contribution is -2.24. The number of rotatable bonds is 4. The Hall–Kier alpha value is -1.49. The number of carbonyl (C=O) groups excluding carboxylic acids is 1. The van der Waals surface area contributed by atoms with E-state index in [1.165, 1.54) is 11.8 Å². The number of oxazole rings is 1. The highest BCUT2D eigenvalue weighted by Gasteiger charge is 2.06. The summed E-state index contributed by atoms with van der Waals surface area (Å²) in [4.78, 5) is 14.7. The Bertz CT molecular complexity index is 521. The second-order valence-corrected chi connectivity index (χ2v) is 4.48. The number of carbonyl (C=O) groups is 1. The monoisotopic (exact) mass is 236 g/mol. The van der Waals surface area contributed by atoms with Gasteiger partial charge in [-0.1, -0.05) is 24.8 Å². The molecule has 1 aromatic heterocycles. The van der Waals surface area contributed by atoms with Crippen molar-refractivity contribution in [1.82, 2.24) is 4.98 Å². The van der Waals surface area contributed by atoms with Gasteiger partial charge in [0.1, 0.15) is 5.52 Å². The van der Waals surface area contributed by atoms with Crippen LogP contribution in [0.15, 0.2) is 27.8 Å². The summed E-state index contributed by atoms with van der Waals surface area (Å²) in [5.74, 6) is -0.204. The van der Waals surface area contributed by atoms with E-state index in [0.717, 1.165) is 5.75 Å². The van der Waals surface area contributed by atoms with Crippen LogP contribution in [-0.4, -0.2) is 16.7 Å². The zero-order valence-electron chi connectivity index (χ0n) is 8.73. The summed E-state index contributed by atoms with van der Waals surface area (Å²) >= 11 is 1.51. The van der Waals surface area contributed by atoms with E-state index >= 15 is 0 Å². The van der Waals surface area contributed by atoms with E-state index in [4.69, 9.17) is 4.42 Å². The van der Waals surface area contributed by atoms with Crippen molar-refractivity contribution < 1.29 is 14.3 Å². The molecular formula is C11H10NO3S-. The molecule has 1 heterocycles. The number of carboxylic acids is 1. The highest BCUT2D eigenvalue weighted by molar-refractivity contribution is 7.99. The van der Waals surface area contributed by atoms with Crippen LogP contribution in [-0.2, 0) is 11.2 Å². The summed E-state index contributed by atoms with van der Waals surface area (Å²) in [6.07, 6.45) is -0.0982. The number of fused-ring (bicyclic) bond motifs is 1. The molecule has 0 unspecified atom stereocenters. The van der Waals surface area contributed by atoms with Crippen LogP contribution in [0.25, 0.3) is 11.1 Å². The number of aromatic nitrogens is 1. The molecule has 0 atom stereocenters. The average Bonchev–Trinajstić information content (AvgIpc) is 2.59. The van der Waals surface area contributed by atoms with Crippen LogP contribution < -0.4 is 5.11 Å². The van der Waals surface area contributed by atoms with Crippen molar-refractivity contribution in [2.24, 2.45) is 0 Å². The first-order valence-electron chi connectivity index (χ1n) is 4.91. The maximum Gasteiger partial charge on any atom is 0.256 e. The molecule has 84 valence electrons. The van der Waals surface area contributed by atoms with E-state index < -0.39 is 5.97 Å². The van der Waals surface area contributed by atoms with Crippen LogP contribution in [0.1, 0.15) is 12.5 Å². The SMILES string of the molecule is CCSc1nc2cc(CC(=O)[O-])ccc2o1. The predicted molar refractivity (Wildman–Crippen MR) is 59.1 cm³/mol. The van der Waals surface area contributed by atoms with E-state index in [1.54, 1.807) is 18.2 Å². The van der Waals surface area contributed by atoms with Gasteiger partial charge in [0.2, 0.25) is 0 Å². The molecule has 0 N–H and O–H groups in total. The molecule has 2 rings (SSSR count). The quantitative estimate of drug-likeness (QED) is 0.747. The number of nitrogens with zero attached hydrogens (tertiary/aromatic N) is 1. The summed E-state index contributed by atoms with van der Waals surface area (Å²) in [7, 11) is 0. The van der Waals surface area contributed by atoms with Crippen LogP contribution in [0.5, 0.6) is 0 Å². The summed E-state index contributed by atoms with van der Waals surface area (Å²) < 4.78 is 5.46. The Morgan fingerprint density at radius 1 is 1.56 bits per heavy atom. The van der Waals surface area contributed by atoms with Gasteiger partial charge in [-0.2, -0.15) is 0 Å². The Labute approximate surface area is 96.7 Å². The standard InChI is InChI=1S/C11H11NO3S/c1-2-16-11-12-8-5-7(6-10(13)14)3-4-9(8)15-11/h3-5H,2,6H2,1H3,(H,13,14)/p-1. The normalized spacial score (nSPS) is 10.8. The highest BCUT2D eigenvalue weighted by Crippen LogP contribution is 2.23. The molecule has 1 aromatic carbocycles. The zero-order valence-corrected chi connectivity index (χ0v) is 9.54. The lowest BCUT2D eigenvalue weighted by Gasteiger charge is -2.00. The van der Waals surface area contributed by atoms with Crippen molar-refractivity contribution in [2.75, 3.05) is 5.75 Å². The van der Waals surface area contributed by atoms with Gasteiger partial charge in [0, 0.05) is 12.4 Å². The van der Waals surface area contributed by atoms with Gasteiger partial charge in [0.05, 0.1) is 0 Å². The molecule has 0 saturated carbocycles. The van der Waals surface area contributed by atoms with Gasteiger partial charge < -0.3 is 14.3 Å². The molecule has 0 amide bonds. The number of thioether (sulfide) groups is 1. The van der Waals surface area contributed by atoms with Crippen molar-refractivity contribution in [3.05, 3.63) is 23.8 Å². The molecule has 0 aliphatic carbocycles. The Morgan fingerprint density at radius 3 is 3.06 bits per heavy atom. The molecule has 0 spiro atoms. The molecule has 0 radical (unpaired) electrons. The Morgan fingerprint density at radius 2 is 2.38 bits per heavy atom. The van der Waals surface area contributed by atoms with Gasteiger partial charge >= 0.3 is 0 Å². The van der Waals surface area contributed by atoms with Crippen molar-refractivity contribution in [3.8, 4) is 0 Å². The van der Waals surface area contributed by atoms with E-state index in [-0.39, 0.29) is 6.42 Å². The van der Waals surface area contributed by atoms with Crippen LogP contribution >= 0.6 is 11.8 Å². The summed E-state index contributed by atoms with van der Waals surface area (Å²) in [6, 6.07) is 5.17. The third kappa shape index (κ3) is 2.36. The number of carboxylic acid groups (broad SMARTS) is 1. The molecular weight excluding hydrogens is 226 g/mol. The topological polar surface area (TPSA) is 66.2 Å².